The average molecular weight is 1330 g/mol. The number of benzene rings is 1. The number of aliphatic hydroxyl groups excluding tert-OH is 1. The maximum atomic E-state index is 14.3. The number of carbonyl (C=O) groups is 4. The molecule has 1 N–H and O–H groups in total. The second-order valence-electron chi connectivity index (χ2n) is 22.0. The van der Waals surface area contributed by atoms with E-state index in [1.165, 1.54) is 17.8 Å². The first-order chi connectivity index (χ1) is 36.8. The Morgan fingerprint density at radius 2 is 1.05 bits per heavy atom. The quantitative estimate of drug-likeness (QED) is 0.111. The van der Waals surface area contributed by atoms with Gasteiger partial charge in [-0.1, -0.05) is 65.8 Å². The number of aliphatic hydroxyl groups is 1. The van der Waals surface area contributed by atoms with Crippen LogP contribution in [0.3, 0.4) is 0 Å². The lowest BCUT2D eigenvalue weighted by Gasteiger charge is -2.56. The summed E-state index contributed by atoms with van der Waals surface area (Å²) in [6.07, 6.45) is 13.9. The molecule has 7 rings (SSSR count). The van der Waals surface area contributed by atoms with E-state index in [2.05, 4.69) is 33.9 Å². The lowest BCUT2D eigenvalue weighted by atomic mass is 9.49. The zero-order chi connectivity index (χ0) is 56.4. The van der Waals surface area contributed by atoms with Crippen LogP contribution in [0.15, 0.2) is 49.6 Å². The Kier molecular flexibility index (Phi) is 27.5. The van der Waals surface area contributed by atoms with E-state index in [1.54, 1.807) is 102 Å². The van der Waals surface area contributed by atoms with Gasteiger partial charge in [0, 0.05) is 201 Å². The molecule has 6 aliphatic rings. The van der Waals surface area contributed by atoms with Gasteiger partial charge in [-0.25, -0.2) is 0 Å². The monoisotopic (exact) mass is 1320 g/mol. The second kappa shape index (κ2) is 31.2. The fourth-order valence-electron chi connectivity index (χ4n) is 13.4. The molecular formula is C52H76O11S14. The summed E-state index contributed by atoms with van der Waals surface area (Å²) in [7, 11) is 21.6. The molecule has 11 nitrogen and oxygen atoms in total. The third kappa shape index (κ3) is 16.1. The van der Waals surface area contributed by atoms with Gasteiger partial charge >= 0.3 is 0 Å². The van der Waals surface area contributed by atoms with E-state index < -0.39 is 33.2 Å². The third-order valence-electron chi connectivity index (χ3n) is 17.8. The van der Waals surface area contributed by atoms with Crippen molar-refractivity contribution in [2.45, 2.75) is 137 Å². The van der Waals surface area contributed by atoms with E-state index in [-0.39, 0.29) is 59.1 Å². The highest BCUT2D eigenvalue weighted by atomic mass is 33.5. The lowest BCUT2D eigenvalue weighted by molar-refractivity contribution is -0.239. The van der Waals surface area contributed by atoms with Crippen molar-refractivity contribution in [2.24, 2.45) is 56.2 Å². The minimum Gasteiger partial charge on any atom is -0.497 e. The summed E-state index contributed by atoms with van der Waals surface area (Å²) in [5.41, 5.74) is -1.94. The molecule has 4 aliphatic carbocycles. The molecule has 2 unspecified atom stereocenters. The van der Waals surface area contributed by atoms with Crippen LogP contribution in [0.4, 0.5) is 0 Å². The molecule has 2 heterocycles. The number of methoxy groups -OCH3 is 1. The summed E-state index contributed by atoms with van der Waals surface area (Å²) in [5.74, 6) is -0.385. The molecule has 25 heteroatoms. The van der Waals surface area contributed by atoms with Crippen LogP contribution < -0.4 is 4.74 Å². The largest absolute Gasteiger partial charge is 0.497 e. The first-order valence-electron chi connectivity index (χ1n) is 25.6. The summed E-state index contributed by atoms with van der Waals surface area (Å²) >= 11 is 9.43. The summed E-state index contributed by atoms with van der Waals surface area (Å²) in [5, 5.41) is 9.79. The maximum Gasteiger partial charge on any atom is 0.172 e. The number of hydrogen-bond acceptors (Lipinski definition) is 13. The van der Waals surface area contributed by atoms with Crippen LogP contribution in [-0.4, -0.2) is 87.6 Å². The summed E-state index contributed by atoms with van der Waals surface area (Å²) in [6.45, 7) is 23.1. The van der Waals surface area contributed by atoms with Crippen molar-refractivity contribution in [1.82, 2.24) is 0 Å². The highest BCUT2D eigenvalue weighted by Crippen LogP contribution is 2.70. The van der Waals surface area contributed by atoms with E-state index in [9.17, 15) is 24.3 Å². The standard InChI is InChI=1S/C30H42O6.C22H34O5.S14/c1-6-27(3,21-34-20-23-7-9-24(33-5)10-8-23)19-25(32)28(4)22(2)11-12-29(15-16-31)13-14-30(26(28)29)35-17-18-36-30;1-5-19(3,15-24)14-17(25)20(4)16(2)6-7-21(10-11-23)8-9-22(18(20)21)26-12-13-27-22;1-3-5-7-9-11-13-14-12-10-8-6-4-2/h6-10,16,22,26H,1,11-15,17-21H2,2-5H3;5,11,16,18,24H,1,6-10,12-15H2,2-4H3;/t22-,26?,27+,28+,29+;16-,18?,19+,20+,21+;/m11./s1. The molecule has 77 heavy (non-hydrogen) atoms. The molecular weight excluding hydrogens is 1250 g/mol. The van der Waals surface area contributed by atoms with E-state index in [4.69, 9.17) is 50.8 Å². The molecule has 2 aliphatic heterocycles. The number of ketones is 2. The Morgan fingerprint density at radius 1 is 0.662 bits per heavy atom. The van der Waals surface area contributed by atoms with Crippen molar-refractivity contribution in [3.05, 3.63) is 55.1 Å². The van der Waals surface area contributed by atoms with Gasteiger partial charge in [-0.05, 0) is 78.9 Å². The topological polar surface area (TPSA) is 144 Å². The van der Waals surface area contributed by atoms with E-state index in [1.807, 2.05) is 51.1 Å². The van der Waals surface area contributed by atoms with Gasteiger partial charge in [-0.2, -0.15) is 0 Å². The minimum atomic E-state index is -0.766. The summed E-state index contributed by atoms with van der Waals surface area (Å²) < 4.78 is 36.2. The van der Waals surface area contributed by atoms with Crippen molar-refractivity contribution in [1.29, 1.82) is 0 Å². The van der Waals surface area contributed by atoms with E-state index in [0.29, 0.717) is 58.9 Å². The van der Waals surface area contributed by atoms with Gasteiger partial charge in [0.1, 0.15) is 29.9 Å². The molecule has 4 saturated carbocycles. The van der Waals surface area contributed by atoms with Gasteiger partial charge in [-0.15, -0.1) is 13.2 Å². The summed E-state index contributed by atoms with van der Waals surface area (Å²) in [4.78, 5) is 51.5. The Labute approximate surface area is 501 Å². The van der Waals surface area contributed by atoms with E-state index in [0.717, 1.165) is 75.3 Å². The van der Waals surface area contributed by atoms with Gasteiger partial charge in [0.2, 0.25) is 0 Å². The Morgan fingerprint density at radius 3 is 1.40 bits per heavy atom. The Bertz CT molecular complexity index is 2780. The normalized spacial score (nSPS) is 30.4. The number of rotatable bonds is 18. The molecule has 1 aromatic rings. The van der Waals surface area contributed by atoms with Crippen molar-refractivity contribution in [2.75, 3.05) is 46.8 Å². The average Bonchev–Trinajstić information content (AvgIpc) is 4.44. The first-order valence-corrected chi connectivity index (χ1v) is 43.0. The smallest absolute Gasteiger partial charge is 0.172 e. The van der Waals surface area contributed by atoms with Crippen LogP contribution in [0, 0.1) is 56.2 Å². The molecule has 2 spiro atoms. The number of Topliss-reactive ketones (excluding diaryl/α,β-unsaturated/α-hetero) is 2. The predicted molar refractivity (Wildman–Crippen MR) is 343 cm³/mol. The van der Waals surface area contributed by atoms with Gasteiger partial charge in [-0.3, -0.25) is 9.59 Å². The molecule has 1 aromatic carbocycles. The molecule has 0 bridgehead atoms. The minimum absolute atomic E-state index is 0.116. The molecule has 434 valence electrons. The van der Waals surface area contributed by atoms with Gasteiger partial charge in [0.25, 0.3) is 0 Å². The van der Waals surface area contributed by atoms with Crippen molar-refractivity contribution in [3.63, 3.8) is 0 Å². The zero-order valence-corrected chi connectivity index (χ0v) is 56.5. The van der Waals surface area contributed by atoms with Crippen molar-refractivity contribution < 1.29 is 52.7 Å². The number of ether oxygens (including phenoxy) is 6. The molecule has 2 saturated heterocycles. The van der Waals surface area contributed by atoms with Gasteiger partial charge in [0.15, 0.2) is 11.6 Å². The number of aldehydes is 2. The fraction of sp³-hybridized carbons (Fsp3) is 0.731. The zero-order valence-electron chi connectivity index (χ0n) is 45.0. The first kappa shape index (κ1) is 67.8. The van der Waals surface area contributed by atoms with E-state index >= 15 is 0 Å². The molecule has 0 radical (unpaired) electrons. The van der Waals surface area contributed by atoms with Crippen LogP contribution in [-0.2, 0) is 178 Å². The predicted octanol–water partition coefficient (Wildman–Crippen LogP) is 8.79. The number of hydrogen-bond donors (Lipinski definition) is 1. The lowest BCUT2D eigenvalue weighted by Crippen LogP contribution is -2.59. The van der Waals surface area contributed by atoms with Crippen LogP contribution in [0.1, 0.15) is 124 Å². The summed E-state index contributed by atoms with van der Waals surface area (Å²) in [6, 6.07) is 7.79. The van der Waals surface area contributed by atoms with Crippen LogP contribution in [0.25, 0.3) is 0 Å². The van der Waals surface area contributed by atoms with Crippen LogP contribution in [0.2, 0.25) is 0 Å². The van der Waals surface area contributed by atoms with Crippen LogP contribution >= 0.6 is 0 Å². The van der Waals surface area contributed by atoms with Crippen molar-refractivity contribution in [3.8, 4) is 5.75 Å². The fourth-order valence-corrected chi connectivity index (χ4v) is 40.8. The highest BCUT2D eigenvalue weighted by molar-refractivity contribution is 8.76. The number of carbonyl (C=O) groups excluding carboxylic acids is 4. The molecule has 0 aromatic heterocycles. The molecule has 0 amide bonds. The Hall–Kier alpha value is 0.0200. The van der Waals surface area contributed by atoms with Crippen molar-refractivity contribution >= 4 is 153 Å². The second-order valence-corrected chi connectivity index (χ2v) is 43.3. The Balaban J connectivity index is 0.000000235. The number of fused-ring (bicyclic) bond motifs is 4. The maximum absolute atomic E-state index is 14.3. The highest BCUT2D eigenvalue weighted by Gasteiger charge is 2.71. The molecule has 10 atom stereocenters. The third-order valence-corrected chi connectivity index (χ3v) is 42.3. The molecule has 6 fully saturated rings. The van der Waals surface area contributed by atoms with Crippen LogP contribution in [0.5, 0.6) is 5.75 Å². The SMILES string of the molecule is C=C[C@](C)(CO)CC(=O)[C@@]1(C)C2C3(CC[C@]2(CC=O)CC[C@H]1C)OCCO3.C=C[C@](C)(COCc1ccc(OC)cc1)CC(=O)[C@@]1(C)C2C3(CC[C@]2(CC=O)CC[C@H]1C)OCCO3.S=S=S=S=S=S=S=S=S=S=S=S=S=S. The van der Waals surface area contributed by atoms with Gasteiger partial charge in [0.05, 0.1) is 53.4 Å². The van der Waals surface area contributed by atoms with Gasteiger partial charge < -0.3 is 43.1 Å².